The number of rotatable bonds is 7. The van der Waals surface area contributed by atoms with E-state index in [1.807, 2.05) is 0 Å². The molecule has 1 aliphatic heterocycles. The largest absolute Gasteiger partial charge is 0.395 e. The summed E-state index contributed by atoms with van der Waals surface area (Å²) in [5.74, 6) is 0. The third-order valence-corrected chi connectivity index (χ3v) is 3.17. The summed E-state index contributed by atoms with van der Waals surface area (Å²) in [6.07, 6.45) is -3.38. The smallest absolute Gasteiger partial charge is 0.109 e. The van der Waals surface area contributed by atoms with Gasteiger partial charge in [0, 0.05) is 20.2 Å². The van der Waals surface area contributed by atoms with Crippen LogP contribution in [0.25, 0.3) is 0 Å². The van der Waals surface area contributed by atoms with Crippen LogP contribution in [0.15, 0.2) is 0 Å². The highest BCUT2D eigenvalue weighted by Gasteiger charge is 2.40. The highest BCUT2D eigenvalue weighted by Crippen LogP contribution is 2.18. The molecule has 7 nitrogen and oxygen atoms in total. The maximum Gasteiger partial charge on any atom is 0.109 e. The van der Waals surface area contributed by atoms with Crippen molar-refractivity contribution in [1.82, 2.24) is 4.90 Å². The molecule has 7 heteroatoms. The summed E-state index contributed by atoms with van der Waals surface area (Å²) in [5, 5.41) is 38.1. The van der Waals surface area contributed by atoms with Gasteiger partial charge in [0.25, 0.3) is 0 Å². The number of piperidine rings is 1. The van der Waals surface area contributed by atoms with Crippen LogP contribution in [-0.4, -0.2) is 96.3 Å². The Balaban J connectivity index is 2.37. The first-order valence-electron chi connectivity index (χ1n) is 6.07. The molecule has 0 spiro atoms. The van der Waals surface area contributed by atoms with Crippen LogP contribution in [0.2, 0.25) is 0 Å². The number of aliphatic hydroxyl groups is 4. The van der Waals surface area contributed by atoms with Gasteiger partial charge in [0.1, 0.15) is 12.2 Å². The van der Waals surface area contributed by atoms with Crippen LogP contribution in [0.3, 0.4) is 0 Å². The molecular weight excluding hydrogens is 242 g/mol. The molecule has 1 fully saturated rings. The fourth-order valence-electron chi connectivity index (χ4n) is 2.06. The SMILES string of the molecule is COCCOCCN1C[C@H](O)[C@@H](O)[C@H](O)[C@H]1CO. The van der Waals surface area contributed by atoms with Crippen molar-refractivity contribution in [1.29, 1.82) is 0 Å². The van der Waals surface area contributed by atoms with Crippen molar-refractivity contribution in [3.8, 4) is 0 Å². The lowest BCUT2D eigenvalue weighted by Gasteiger charge is -2.43. The molecule has 4 atom stereocenters. The van der Waals surface area contributed by atoms with Crippen molar-refractivity contribution in [2.75, 3.05) is 46.6 Å². The Morgan fingerprint density at radius 2 is 1.83 bits per heavy atom. The second kappa shape index (κ2) is 8.00. The summed E-state index contributed by atoms with van der Waals surface area (Å²) in [7, 11) is 1.59. The Hall–Kier alpha value is -0.280. The van der Waals surface area contributed by atoms with Gasteiger partial charge in [0.05, 0.1) is 38.6 Å². The van der Waals surface area contributed by atoms with Crippen LogP contribution < -0.4 is 0 Å². The van der Waals surface area contributed by atoms with Crippen molar-refractivity contribution in [3.05, 3.63) is 0 Å². The standard InChI is InChI=1S/C11H23NO6/c1-17-4-5-18-3-2-12-6-9(14)11(16)10(15)8(12)7-13/h8-11,13-16H,2-7H2,1H3/t8-,9+,10-,11-/m1/s1. The summed E-state index contributed by atoms with van der Waals surface area (Å²) in [6.45, 7) is 1.79. The lowest BCUT2D eigenvalue weighted by atomic mass is 9.94. The number of aliphatic hydroxyl groups excluding tert-OH is 4. The molecule has 1 rings (SSSR count). The molecule has 0 amide bonds. The summed E-state index contributed by atoms with van der Waals surface area (Å²) < 4.78 is 10.1. The van der Waals surface area contributed by atoms with E-state index in [1.165, 1.54) is 0 Å². The first-order chi connectivity index (χ1) is 8.61. The quantitative estimate of drug-likeness (QED) is 0.375. The number of ether oxygens (including phenoxy) is 2. The zero-order valence-electron chi connectivity index (χ0n) is 10.6. The number of methoxy groups -OCH3 is 1. The van der Waals surface area contributed by atoms with Gasteiger partial charge in [-0.1, -0.05) is 0 Å². The summed E-state index contributed by atoms with van der Waals surface area (Å²) in [6, 6.07) is -0.575. The van der Waals surface area contributed by atoms with Gasteiger partial charge in [-0.15, -0.1) is 0 Å². The molecule has 18 heavy (non-hydrogen) atoms. The van der Waals surface area contributed by atoms with Gasteiger partial charge in [-0.25, -0.2) is 0 Å². The van der Waals surface area contributed by atoms with Crippen LogP contribution in [0, 0.1) is 0 Å². The van der Waals surface area contributed by atoms with Gasteiger partial charge in [0.15, 0.2) is 0 Å². The van der Waals surface area contributed by atoms with E-state index in [1.54, 1.807) is 12.0 Å². The highest BCUT2D eigenvalue weighted by atomic mass is 16.5. The molecule has 4 N–H and O–H groups in total. The molecule has 0 aromatic carbocycles. The first-order valence-corrected chi connectivity index (χ1v) is 6.07. The van der Waals surface area contributed by atoms with Crippen LogP contribution in [-0.2, 0) is 9.47 Å². The number of hydrogen-bond acceptors (Lipinski definition) is 7. The minimum atomic E-state index is -1.21. The average molecular weight is 265 g/mol. The fraction of sp³-hybridized carbons (Fsp3) is 1.00. The third-order valence-electron chi connectivity index (χ3n) is 3.17. The minimum absolute atomic E-state index is 0.205. The maximum absolute atomic E-state index is 9.75. The first kappa shape index (κ1) is 15.8. The summed E-state index contributed by atoms with van der Waals surface area (Å²) in [5.41, 5.74) is 0. The minimum Gasteiger partial charge on any atom is -0.395 e. The molecule has 1 saturated heterocycles. The number of nitrogens with zero attached hydrogens (tertiary/aromatic N) is 1. The van der Waals surface area contributed by atoms with E-state index in [-0.39, 0.29) is 13.2 Å². The number of likely N-dealkylation sites (tertiary alicyclic amines) is 1. The van der Waals surface area contributed by atoms with Crippen LogP contribution in [0.1, 0.15) is 0 Å². The third kappa shape index (κ3) is 4.13. The molecular formula is C11H23NO6. The second-order valence-corrected chi connectivity index (χ2v) is 4.40. The van der Waals surface area contributed by atoms with Gasteiger partial charge in [0.2, 0.25) is 0 Å². The predicted molar refractivity (Wildman–Crippen MR) is 63.2 cm³/mol. The van der Waals surface area contributed by atoms with E-state index < -0.39 is 24.4 Å². The van der Waals surface area contributed by atoms with Crippen LogP contribution >= 0.6 is 0 Å². The topological polar surface area (TPSA) is 103 Å². The van der Waals surface area contributed by atoms with Gasteiger partial charge < -0.3 is 29.9 Å². The Bertz CT molecular complexity index is 230. The van der Waals surface area contributed by atoms with Crippen molar-refractivity contribution in [2.45, 2.75) is 24.4 Å². The normalized spacial score (nSPS) is 33.8. The van der Waals surface area contributed by atoms with Gasteiger partial charge in [-0.2, -0.15) is 0 Å². The Morgan fingerprint density at radius 3 is 2.44 bits per heavy atom. The lowest BCUT2D eigenvalue weighted by molar-refractivity contribution is -0.147. The molecule has 0 aliphatic carbocycles. The van der Waals surface area contributed by atoms with Crippen molar-refractivity contribution >= 4 is 0 Å². The second-order valence-electron chi connectivity index (χ2n) is 4.40. The van der Waals surface area contributed by atoms with E-state index in [4.69, 9.17) is 9.47 Å². The summed E-state index contributed by atoms with van der Waals surface area (Å²) in [4.78, 5) is 1.72. The average Bonchev–Trinajstić information content (AvgIpc) is 2.36. The highest BCUT2D eigenvalue weighted by molar-refractivity contribution is 4.93. The number of β-amino-alcohol motifs (C(OH)–C–C–N with tert-alkyl or cyclic N) is 1. The van der Waals surface area contributed by atoms with Crippen molar-refractivity contribution in [3.63, 3.8) is 0 Å². The fourth-order valence-corrected chi connectivity index (χ4v) is 2.06. The molecule has 0 bridgehead atoms. The molecule has 0 unspecified atom stereocenters. The zero-order chi connectivity index (χ0) is 13.5. The monoisotopic (exact) mass is 265 g/mol. The van der Waals surface area contributed by atoms with E-state index in [2.05, 4.69) is 0 Å². The van der Waals surface area contributed by atoms with Crippen LogP contribution in [0.4, 0.5) is 0 Å². The molecule has 0 aromatic heterocycles. The van der Waals surface area contributed by atoms with Gasteiger partial charge >= 0.3 is 0 Å². The Labute approximate surface area is 107 Å². The predicted octanol–water partition coefficient (Wildman–Crippen LogP) is -2.59. The van der Waals surface area contributed by atoms with Crippen LogP contribution in [0.5, 0.6) is 0 Å². The Morgan fingerprint density at radius 1 is 1.11 bits per heavy atom. The van der Waals surface area contributed by atoms with E-state index in [0.29, 0.717) is 26.4 Å². The van der Waals surface area contributed by atoms with E-state index in [9.17, 15) is 20.4 Å². The molecule has 1 aliphatic rings. The van der Waals surface area contributed by atoms with E-state index >= 15 is 0 Å². The zero-order valence-corrected chi connectivity index (χ0v) is 10.6. The van der Waals surface area contributed by atoms with Gasteiger partial charge in [-0.05, 0) is 0 Å². The molecule has 0 saturated carbocycles. The Kier molecular flexibility index (Phi) is 7.02. The lowest BCUT2D eigenvalue weighted by Crippen LogP contribution is -2.62. The number of hydrogen-bond donors (Lipinski definition) is 4. The molecule has 0 radical (unpaired) electrons. The van der Waals surface area contributed by atoms with E-state index in [0.717, 1.165) is 0 Å². The maximum atomic E-state index is 9.75. The summed E-state index contributed by atoms with van der Waals surface area (Å²) >= 11 is 0. The molecule has 0 aromatic rings. The van der Waals surface area contributed by atoms with Crippen molar-refractivity contribution < 1.29 is 29.9 Å². The molecule has 1 heterocycles. The molecule has 108 valence electrons. The van der Waals surface area contributed by atoms with Crippen molar-refractivity contribution in [2.24, 2.45) is 0 Å². The van der Waals surface area contributed by atoms with Gasteiger partial charge in [-0.3, -0.25) is 4.90 Å².